The van der Waals surface area contributed by atoms with Gasteiger partial charge in [0.05, 0.1) is 10.8 Å². The molecule has 28 heavy (non-hydrogen) atoms. The first-order valence-corrected chi connectivity index (χ1v) is 8.21. The lowest BCUT2D eigenvalue weighted by Gasteiger charge is -2.18. The Morgan fingerprint density at radius 1 is 1.21 bits per heavy atom. The van der Waals surface area contributed by atoms with Gasteiger partial charge in [-0.2, -0.15) is 0 Å². The van der Waals surface area contributed by atoms with Crippen LogP contribution in [0.2, 0.25) is 0 Å². The van der Waals surface area contributed by atoms with Crippen molar-refractivity contribution >= 4 is 11.5 Å². The number of rotatable bonds is 3. The summed E-state index contributed by atoms with van der Waals surface area (Å²) in [6.07, 6.45) is 0. The zero-order chi connectivity index (χ0) is 19.8. The maximum atomic E-state index is 13.8. The topological polar surface area (TPSA) is 117 Å². The predicted molar refractivity (Wildman–Crippen MR) is 92.7 cm³/mol. The molecule has 1 N–H and O–H groups in total. The summed E-state index contributed by atoms with van der Waals surface area (Å²) < 4.78 is 24.7. The number of nitrogens with zero attached hydrogens (tertiary/aromatic N) is 5. The number of nitro groups is 1. The van der Waals surface area contributed by atoms with E-state index in [0.29, 0.717) is 35.1 Å². The summed E-state index contributed by atoms with van der Waals surface area (Å²) in [6, 6.07) is 8.74. The van der Waals surface area contributed by atoms with E-state index < -0.39 is 22.0 Å². The lowest BCUT2D eigenvalue weighted by atomic mass is 10.2. The van der Waals surface area contributed by atoms with Crippen molar-refractivity contribution in [2.75, 3.05) is 13.2 Å². The van der Waals surface area contributed by atoms with Gasteiger partial charge in [-0.15, -0.1) is 0 Å². The molecule has 1 aromatic heterocycles. The van der Waals surface area contributed by atoms with Gasteiger partial charge in [-0.05, 0) is 46.5 Å². The second-order valence-corrected chi connectivity index (χ2v) is 5.96. The van der Waals surface area contributed by atoms with Crippen LogP contribution in [0.15, 0.2) is 41.4 Å². The molecule has 0 fully saturated rings. The zero-order valence-corrected chi connectivity index (χ0v) is 14.6. The van der Waals surface area contributed by atoms with E-state index in [4.69, 9.17) is 9.47 Å². The summed E-state index contributed by atoms with van der Waals surface area (Å²) in [6.45, 7) is 2.35. The Morgan fingerprint density at radius 2 is 1.96 bits per heavy atom. The molecule has 0 spiro atoms. The highest BCUT2D eigenvalue weighted by molar-refractivity contribution is 5.49. The van der Waals surface area contributed by atoms with Gasteiger partial charge < -0.3 is 24.8 Å². The first-order valence-electron chi connectivity index (χ1n) is 8.21. The number of fused-ring (bicyclic) bond motifs is 1. The molecular formula is C17H14FN5O5. The van der Waals surface area contributed by atoms with Crippen LogP contribution in [0, 0.1) is 22.9 Å². The Morgan fingerprint density at radius 3 is 2.68 bits per heavy atom. The molecule has 0 saturated carbocycles. The number of hydrogen-bond donors (Lipinski definition) is 1. The summed E-state index contributed by atoms with van der Waals surface area (Å²) in [5.41, 5.74) is 0.322. The van der Waals surface area contributed by atoms with Crippen molar-refractivity contribution < 1.29 is 24.0 Å². The SMILES string of the molecule is Cc1ccc(N=c2c([N+](=O)[O-])nn(-c3ccc4c(c3)OCCO4)n2O)cc1F. The Kier molecular flexibility index (Phi) is 4.18. The molecule has 0 unspecified atom stereocenters. The average molecular weight is 387 g/mol. The molecule has 3 aromatic rings. The van der Waals surface area contributed by atoms with Gasteiger partial charge in [-0.1, -0.05) is 10.9 Å². The third-order valence-electron chi connectivity index (χ3n) is 4.08. The highest BCUT2D eigenvalue weighted by atomic mass is 19.1. The Balaban J connectivity index is 1.87. The number of aryl methyl sites for hydroxylation is 1. The van der Waals surface area contributed by atoms with Gasteiger partial charge in [0.25, 0.3) is 5.49 Å². The van der Waals surface area contributed by atoms with Gasteiger partial charge in [-0.25, -0.2) is 9.38 Å². The Bertz CT molecular complexity index is 1150. The second-order valence-electron chi connectivity index (χ2n) is 5.96. The summed E-state index contributed by atoms with van der Waals surface area (Å²) in [5, 5.41) is 25.7. The fourth-order valence-electron chi connectivity index (χ4n) is 2.67. The van der Waals surface area contributed by atoms with E-state index >= 15 is 0 Å². The van der Waals surface area contributed by atoms with Crippen LogP contribution in [0.5, 0.6) is 11.5 Å². The standard InChI is InChI=1S/C17H14FN5O5/c1-10-2-3-11(8-13(10)18)19-16-17(23(25)26)20-21(22(16)24)12-4-5-14-15(9-12)28-7-6-27-14/h2-5,8-9,24H,6-7H2,1H3. The van der Waals surface area contributed by atoms with Crippen molar-refractivity contribution in [3.05, 3.63) is 63.4 Å². The normalized spacial score (nSPS) is 13.6. The highest BCUT2D eigenvalue weighted by Gasteiger charge is 2.25. The quantitative estimate of drug-likeness (QED) is 0.419. The highest BCUT2D eigenvalue weighted by Crippen LogP contribution is 2.31. The van der Waals surface area contributed by atoms with Crippen LogP contribution in [0.25, 0.3) is 5.69 Å². The van der Waals surface area contributed by atoms with Gasteiger partial charge in [0.1, 0.15) is 24.7 Å². The van der Waals surface area contributed by atoms with Gasteiger partial charge in [0.15, 0.2) is 11.5 Å². The maximum absolute atomic E-state index is 13.8. The summed E-state index contributed by atoms with van der Waals surface area (Å²) >= 11 is 0. The molecule has 0 bridgehead atoms. The van der Waals surface area contributed by atoms with E-state index in [1.54, 1.807) is 19.1 Å². The third-order valence-corrected chi connectivity index (χ3v) is 4.08. The fraction of sp³-hybridized carbons (Fsp3) is 0.176. The first kappa shape index (κ1) is 17.5. The second kappa shape index (κ2) is 6.68. The fourth-order valence-corrected chi connectivity index (χ4v) is 2.67. The molecule has 11 heteroatoms. The molecular weight excluding hydrogens is 373 g/mol. The molecule has 4 rings (SSSR count). The Hall–Kier alpha value is -3.89. The smallest absolute Gasteiger partial charge is 0.438 e. The van der Waals surface area contributed by atoms with Gasteiger partial charge in [0.2, 0.25) is 0 Å². The molecule has 1 aliphatic heterocycles. The predicted octanol–water partition coefficient (Wildman–Crippen LogP) is 2.27. The average Bonchev–Trinajstić information content (AvgIpc) is 3.01. The summed E-state index contributed by atoms with van der Waals surface area (Å²) in [7, 11) is 0. The number of hydrogen-bond acceptors (Lipinski definition) is 7. The van der Waals surface area contributed by atoms with Crippen molar-refractivity contribution in [3.8, 4) is 17.2 Å². The van der Waals surface area contributed by atoms with E-state index in [-0.39, 0.29) is 11.4 Å². The van der Waals surface area contributed by atoms with Crippen molar-refractivity contribution in [2.45, 2.75) is 6.92 Å². The maximum Gasteiger partial charge on any atom is 0.438 e. The van der Waals surface area contributed by atoms with Gasteiger partial charge in [0, 0.05) is 6.07 Å². The van der Waals surface area contributed by atoms with E-state index in [0.717, 1.165) is 10.9 Å². The molecule has 10 nitrogen and oxygen atoms in total. The molecule has 1 aliphatic rings. The molecule has 0 saturated heterocycles. The van der Waals surface area contributed by atoms with Crippen molar-refractivity contribution in [3.63, 3.8) is 0 Å². The molecule has 0 aliphatic carbocycles. The molecule has 0 amide bonds. The minimum Gasteiger partial charge on any atom is -0.486 e. The number of halogens is 1. The largest absolute Gasteiger partial charge is 0.486 e. The number of ether oxygens (including phenoxy) is 2. The van der Waals surface area contributed by atoms with E-state index in [1.807, 2.05) is 0 Å². The lowest BCUT2D eigenvalue weighted by Crippen LogP contribution is -2.22. The number of aromatic nitrogens is 3. The first-order chi connectivity index (χ1) is 13.4. The van der Waals surface area contributed by atoms with Gasteiger partial charge >= 0.3 is 5.82 Å². The monoisotopic (exact) mass is 387 g/mol. The molecule has 0 atom stereocenters. The minimum absolute atomic E-state index is 0.0933. The van der Waals surface area contributed by atoms with Crippen molar-refractivity contribution in [1.29, 1.82) is 0 Å². The Labute approximate surface area is 156 Å². The van der Waals surface area contributed by atoms with Crippen molar-refractivity contribution in [1.82, 2.24) is 14.7 Å². The summed E-state index contributed by atoms with van der Waals surface area (Å²) in [4.78, 5) is 15.9. The lowest BCUT2D eigenvalue weighted by molar-refractivity contribution is -0.391. The van der Waals surface area contributed by atoms with E-state index in [1.165, 1.54) is 18.2 Å². The van der Waals surface area contributed by atoms with Crippen LogP contribution in [-0.4, -0.2) is 38.1 Å². The molecule has 0 radical (unpaired) electrons. The molecule has 2 aromatic carbocycles. The minimum atomic E-state index is -0.787. The van der Waals surface area contributed by atoms with Crippen LogP contribution >= 0.6 is 0 Å². The van der Waals surface area contributed by atoms with E-state index in [9.17, 15) is 19.7 Å². The summed E-state index contributed by atoms with van der Waals surface area (Å²) in [5.74, 6) is -0.284. The molecule has 144 valence electrons. The van der Waals surface area contributed by atoms with Crippen LogP contribution in [0.1, 0.15) is 5.56 Å². The van der Waals surface area contributed by atoms with Crippen LogP contribution in [0.3, 0.4) is 0 Å². The van der Waals surface area contributed by atoms with Crippen LogP contribution < -0.4 is 15.0 Å². The zero-order valence-electron chi connectivity index (χ0n) is 14.6. The number of benzene rings is 2. The van der Waals surface area contributed by atoms with Gasteiger partial charge in [-0.3, -0.25) is 0 Å². The van der Waals surface area contributed by atoms with Crippen LogP contribution in [-0.2, 0) is 0 Å². The van der Waals surface area contributed by atoms with Crippen molar-refractivity contribution in [2.24, 2.45) is 4.99 Å². The third kappa shape index (κ3) is 3.02. The molecule has 2 heterocycles. The van der Waals surface area contributed by atoms with E-state index in [2.05, 4.69) is 10.1 Å². The van der Waals surface area contributed by atoms with Crippen LogP contribution in [0.4, 0.5) is 15.9 Å².